The Kier molecular flexibility index (Phi) is 6.24. The molecule has 3 rings (SSSR count). The van der Waals surface area contributed by atoms with E-state index in [1.165, 1.54) is 0 Å². The van der Waals surface area contributed by atoms with Crippen LogP contribution in [0.3, 0.4) is 0 Å². The van der Waals surface area contributed by atoms with E-state index in [4.69, 9.17) is 25.8 Å². The van der Waals surface area contributed by atoms with E-state index in [2.05, 4.69) is 0 Å². The summed E-state index contributed by atoms with van der Waals surface area (Å²) in [5.74, 6) is 0. The molecule has 0 radical (unpaired) electrons. The van der Waals surface area contributed by atoms with Gasteiger partial charge >= 0.3 is 0 Å². The Morgan fingerprint density at radius 3 is 2.12 bits per heavy atom. The lowest BCUT2D eigenvalue weighted by Crippen LogP contribution is -2.34. The highest BCUT2D eigenvalue weighted by molar-refractivity contribution is 6.21. The van der Waals surface area contributed by atoms with E-state index in [-0.39, 0.29) is 0 Å². The molecule has 1 heterocycles. The van der Waals surface area contributed by atoms with Crippen molar-refractivity contribution in [2.24, 2.45) is 0 Å². The second-order valence-corrected chi connectivity index (χ2v) is 6.28. The van der Waals surface area contributed by atoms with Crippen LogP contribution in [0.2, 0.25) is 0 Å². The van der Waals surface area contributed by atoms with E-state index in [0.29, 0.717) is 19.8 Å². The molecular weight excluding hydrogens is 328 g/mol. The zero-order chi connectivity index (χ0) is 16.8. The molecule has 4 nitrogen and oxygen atoms in total. The van der Waals surface area contributed by atoms with Crippen LogP contribution < -0.4 is 0 Å². The summed E-state index contributed by atoms with van der Waals surface area (Å²) in [5, 5.41) is 9.25. The first-order valence-corrected chi connectivity index (χ1v) is 8.42. The monoisotopic (exact) mass is 348 g/mol. The van der Waals surface area contributed by atoms with E-state index >= 15 is 0 Å². The van der Waals surface area contributed by atoms with Crippen molar-refractivity contribution in [3.05, 3.63) is 71.8 Å². The van der Waals surface area contributed by atoms with Crippen molar-refractivity contribution in [1.29, 1.82) is 0 Å². The van der Waals surface area contributed by atoms with Crippen molar-refractivity contribution in [2.75, 3.05) is 6.61 Å². The number of rotatable bonds is 7. The molecule has 0 saturated carbocycles. The van der Waals surface area contributed by atoms with Crippen molar-refractivity contribution in [1.82, 2.24) is 0 Å². The molecule has 24 heavy (non-hydrogen) atoms. The SMILES string of the molecule is OC1O[C@H](COCc2ccccc2)[C@@H](OCc2ccccc2)[C@@H]1Cl. The minimum absolute atomic E-state index is 0.314. The van der Waals surface area contributed by atoms with E-state index in [9.17, 15) is 5.11 Å². The number of halogens is 1. The predicted octanol–water partition coefficient (Wildman–Crippen LogP) is 3.11. The maximum atomic E-state index is 9.86. The second-order valence-electron chi connectivity index (χ2n) is 5.77. The van der Waals surface area contributed by atoms with Gasteiger partial charge in [0.1, 0.15) is 17.6 Å². The van der Waals surface area contributed by atoms with Crippen LogP contribution in [0, 0.1) is 0 Å². The zero-order valence-electron chi connectivity index (χ0n) is 13.3. The third-order valence-corrected chi connectivity index (χ3v) is 4.41. The highest BCUT2D eigenvalue weighted by Crippen LogP contribution is 2.28. The van der Waals surface area contributed by atoms with E-state index in [1.807, 2.05) is 60.7 Å². The fourth-order valence-corrected chi connectivity index (χ4v) is 2.96. The molecule has 128 valence electrons. The summed E-state index contributed by atoms with van der Waals surface area (Å²) in [6.07, 6.45) is -1.86. The van der Waals surface area contributed by atoms with Gasteiger partial charge in [0, 0.05) is 0 Å². The summed E-state index contributed by atoms with van der Waals surface area (Å²) in [6.45, 7) is 1.21. The van der Waals surface area contributed by atoms with Gasteiger partial charge in [0.2, 0.25) is 0 Å². The van der Waals surface area contributed by atoms with Crippen molar-refractivity contribution in [3.8, 4) is 0 Å². The number of aliphatic hydroxyl groups is 1. The molecule has 1 unspecified atom stereocenters. The molecule has 5 heteroatoms. The van der Waals surface area contributed by atoms with Crippen LogP contribution in [0.5, 0.6) is 0 Å². The molecule has 0 amide bonds. The summed E-state index contributed by atoms with van der Waals surface area (Å²) in [5.41, 5.74) is 2.13. The minimum Gasteiger partial charge on any atom is -0.374 e. The number of hydrogen-bond donors (Lipinski definition) is 1. The molecular formula is C19H21ClO4. The molecule has 1 aliphatic heterocycles. The van der Waals surface area contributed by atoms with Gasteiger partial charge in [-0.15, -0.1) is 11.6 Å². The van der Waals surface area contributed by atoms with Crippen LogP contribution in [-0.2, 0) is 27.4 Å². The van der Waals surface area contributed by atoms with Gasteiger partial charge in [0.05, 0.1) is 19.8 Å². The van der Waals surface area contributed by atoms with Crippen molar-refractivity contribution in [3.63, 3.8) is 0 Å². The highest BCUT2D eigenvalue weighted by Gasteiger charge is 2.43. The van der Waals surface area contributed by atoms with Gasteiger partial charge in [-0.25, -0.2) is 0 Å². The zero-order valence-corrected chi connectivity index (χ0v) is 14.0. The van der Waals surface area contributed by atoms with Crippen LogP contribution >= 0.6 is 11.6 Å². The van der Waals surface area contributed by atoms with Crippen LogP contribution in [0.25, 0.3) is 0 Å². The van der Waals surface area contributed by atoms with Gasteiger partial charge in [-0.05, 0) is 11.1 Å². The third-order valence-electron chi connectivity index (χ3n) is 3.95. The van der Waals surface area contributed by atoms with Gasteiger partial charge in [-0.2, -0.15) is 0 Å². The number of benzene rings is 2. The predicted molar refractivity (Wildman–Crippen MR) is 91.6 cm³/mol. The molecule has 0 bridgehead atoms. The lowest BCUT2D eigenvalue weighted by molar-refractivity contribution is -0.122. The van der Waals surface area contributed by atoms with Gasteiger partial charge in [-0.1, -0.05) is 60.7 Å². The van der Waals surface area contributed by atoms with Crippen LogP contribution in [0.4, 0.5) is 0 Å². The normalized spacial score (nSPS) is 26.6. The number of aliphatic hydroxyl groups excluding tert-OH is 1. The number of alkyl halides is 1. The fraction of sp³-hybridized carbons (Fsp3) is 0.368. The molecule has 2 aromatic rings. The minimum atomic E-state index is -1.04. The lowest BCUT2D eigenvalue weighted by atomic mass is 10.1. The standard InChI is InChI=1S/C19H21ClO4/c20-17-18(23-12-15-9-5-2-6-10-15)16(24-19(17)21)13-22-11-14-7-3-1-4-8-14/h1-10,16-19,21H,11-13H2/t16-,17+,18-,19?/m1/s1. The molecule has 2 aromatic carbocycles. The van der Waals surface area contributed by atoms with Gasteiger partial charge in [-0.3, -0.25) is 0 Å². The maximum Gasteiger partial charge on any atom is 0.174 e. The summed E-state index contributed by atoms with van der Waals surface area (Å²) >= 11 is 6.23. The Morgan fingerprint density at radius 2 is 1.50 bits per heavy atom. The topological polar surface area (TPSA) is 47.9 Å². The average molecular weight is 349 g/mol. The molecule has 0 aromatic heterocycles. The molecule has 1 N–H and O–H groups in total. The Labute approximate surface area is 146 Å². The molecule has 1 fully saturated rings. The fourth-order valence-electron chi connectivity index (χ4n) is 2.67. The highest BCUT2D eigenvalue weighted by atomic mass is 35.5. The van der Waals surface area contributed by atoms with Crippen LogP contribution in [0.15, 0.2) is 60.7 Å². The summed E-state index contributed by atoms with van der Waals surface area (Å²) in [7, 11) is 0. The van der Waals surface area contributed by atoms with Crippen molar-refractivity contribution >= 4 is 11.6 Å². The van der Waals surface area contributed by atoms with E-state index in [0.717, 1.165) is 11.1 Å². The Hall–Kier alpha value is -1.43. The number of hydrogen-bond acceptors (Lipinski definition) is 4. The Bertz CT molecular complexity index is 607. The van der Waals surface area contributed by atoms with Crippen LogP contribution in [-0.4, -0.2) is 35.6 Å². The van der Waals surface area contributed by atoms with Gasteiger partial charge in [0.15, 0.2) is 6.29 Å². The first-order valence-electron chi connectivity index (χ1n) is 7.99. The van der Waals surface area contributed by atoms with E-state index < -0.39 is 23.9 Å². The quantitative estimate of drug-likeness (QED) is 0.781. The van der Waals surface area contributed by atoms with Crippen molar-refractivity contribution in [2.45, 2.75) is 37.1 Å². The lowest BCUT2D eigenvalue weighted by Gasteiger charge is -2.20. The molecule has 4 atom stereocenters. The molecule has 1 saturated heterocycles. The second kappa shape index (κ2) is 8.60. The number of ether oxygens (including phenoxy) is 3. The van der Waals surface area contributed by atoms with Gasteiger partial charge < -0.3 is 19.3 Å². The summed E-state index contributed by atoms with van der Waals surface area (Å²) in [6, 6.07) is 19.7. The maximum absolute atomic E-state index is 9.86. The Balaban J connectivity index is 1.52. The summed E-state index contributed by atoms with van der Waals surface area (Å²) in [4.78, 5) is 0. The Morgan fingerprint density at radius 1 is 0.917 bits per heavy atom. The molecule has 0 spiro atoms. The third kappa shape index (κ3) is 4.56. The molecule has 0 aliphatic carbocycles. The summed E-state index contributed by atoms with van der Waals surface area (Å²) < 4.78 is 17.1. The van der Waals surface area contributed by atoms with E-state index in [1.54, 1.807) is 0 Å². The largest absolute Gasteiger partial charge is 0.374 e. The first kappa shape index (κ1) is 17.4. The first-order chi connectivity index (χ1) is 11.7. The molecule has 1 aliphatic rings. The average Bonchev–Trinajstić information content (AvgIpc) is 2.89. The van der Waals surface area contributed by atoms with Crippen molar-refractivity contribution < 1.29 is 19.3 Å². The van der Waals surface area contributed by atoms with Crippen LogP contribution in [0.1, 0.15) is 11.1 Å². The van der Waals surface area contributed by atoms with Gasteiger partial charge in [0.25, 0.3) is 0 Å². The smallest absolute Gasteiger partial charge is 0.174 e.